The molecular formula is C17H21N5OS. The highest BCUT2D eigenvalue weighted by molar-refractivity contribution is 7.19. The molecule has 7 heteroatoms. The summed E-state index contributed by atoms with van der Waals surface area (Å²) in [7, 11) is 0. The molecule has 0 aliphatic carbocycles. The minimum absolute atomic E-state index is 0.0386. The number of rotatable bonds is 5. The van der Waals surface area contributed by atoms with Crippen molar-refractivity contribution in [2.45, 2.75) is 40.5 Å². The number of benzene rings is 1. The number of nitrogens with zero attached hydrogens (tertiary/aromatic N) is 4. The van der Waals surface area contributed by atoms with Gasteiger partial charge in [-0.05, 0) is 24.5 Å². The van der Waals surface area contributed by atoms with Crippen molar-refractivity contribution in [3.63, 3.8) is 0 Å². The van der Waals surface area contributed by atoms with Gasteiger partial charge in [-0.15, -0.1) is 10.2 Å². The molecule has 2 aromatic heterocycles. The van der Waals surface area contributed by atoms with E-state index in [1.54, 1.807) is 4.52 Å². The molecule has 0 aliphatic rings. The number of carbonyl (C=O) groups is 1. The lowest BCUT2D eigenvalue weighted by atomic mass is 10.1. The second kappa shape index (κ2) is 6.68. The van der Waals surface area contributed by atoms with Crippen LogP contribution in [0.5, 0.6) is 0 Å². The molecule has 0 fully saturated rings. The normalized spacial score (nSPS) is 11.4. The van der Waals surface area contributed by atoms with Crippen molar-refractivity contribution in [2.24, 2.45) is 5.92 Å². The topological polar surface area (TPSA) is 72.2 Å². The number of hydrogen-bond acceptors (Lipinski definition) is 5. The molecule has 0 saturated heterocycles. The molecule has 1 N–H and O–H groups in total. The van der Waals surface area contributed by atoms with Gasteiger partial charge in [0, 0.05) is 24.1 Å². The highest BCUT2D eigenvalue weighted by Gasteiger charge is 2.14. The maximum atomic E-state index is 12.1. The minimum Gasteiger partial charge on any atom is -0.326 e. The molecule has 0 atom stereocenters. The standard InChI is InChI=1S/C17H21N5OS/c1-5-14-19-20-17-22(14)21-16(24-17)12-7-6-11(4)13(9-12)18-15(23)8-10(2)3/h6-7,9-10H,5,8H2,1-4H3,(H,18,23). The predicted molar refractivity (Wildman–Crippen MR) is 96.3 cm³/mol. The van der Waals surface area contributed by atoms with Crippen molar-refractivity contribution in [1.29, 1.82) is 0 Å². The van der Waals surface area contributed by atoms with Gasteiger partial charge in [-0.2, -0.15) is 9.61 Å². The van der Waals surface area contributed by atoms with Crippen molar-refractivity contribution in [1.82, 2.24) is 19.8 Å². The van der Waals surface area contributed by atoms with Crippen LogP contribution in [0.2, 0.25) is 0 Å². The van der Waals surface area contributed by atoms with Gasteiger partial charge in [0.1, 0.15) is 5.01 Å². The molecule has 0 unspecified atom stereocenters. The Labute approximate surface area is 144 Å². The molecule has 3 rings (SSSR count). The Morgan fingerprint density at radius 2 is 2.12 bits per heavy atom. The molecule has 0 spiro atoms. The van der Waals surface area contributed by atoms with Crippen LogP contribution in [0.3, 0.4) is 0 Å². The fourth-order valence-corrected chi connectivity index (χ4v) is 3.31. The van der Waals surface area contributed by atoms with Crippen LogP contribution in [0.4, 0.5) is 5.69 Å². The average Bonchev–Trinajstić information content (AvgIpc) is 3.08. The minimum atomic E-state index is 0.0386. The first-order valence-corrected chi connectivity index (χ1v) is 8.91. The first-order valence-electron chi connectivity index (χ1n) is 8.10. The zero-order valence-corrected chi connectivity index (χ0v) is 15.1. The van der Waals surface area contributed by atoms with Crippen LogP contribution in [0, 0.1) is 12.8 Å². The highest BCUT2D eigenvalue weighted by Crippen LogP contribution is 2.29. The molecule has 2 heterocycles. The van der Waals surface area contributed by atoms with E-state index in [-0.39, 0.29) is 5.91 Å². The number of hydrogen-bond donors (Lipinski definition) is 1. The maximum Gasteiger partial charge on any atom is 0.234 e. The van der Waals surface area contributed by atoms with E-state index >= 15 is 0 Å². The molecule has 0 aliphatic heterocycles. The third kappa shape index (κ3) is 3.31. The van der Waals surface area contributed by atoms with Crippen LogP contribution in [-0.4, -0.2) is 25.7 Å². The van der Waals surface area contributed by atoms with Crippen molar-refractivity contribution < 1.29 is 4.79 Å². The van der Waals surface area contributed by atoms with Gasteiger partial charge in [0.05, 0.1) is 0 Å². The molecule has 0 radical (unpaired) electrons. The summed E-state index contributed by atoms with van der Waals surface area (Å²) in [6.45, 7) is 8.09. The summed E-state index contributed by atoms with van der Waals surface area (Å²) >= 11 is 1.50. The summed E-state index contributed by atoms with van der Waals surface area (Å²) < 4.78 is 1.79. The maximum absolute atomic E-state index is 12.1. The van der Waals surface area contributed by atoms with E-state index in [2.05, 4.69) is 20.6 Å². The van der Waals surface area contributed by atoms with Gasteiger partial charge in [-0.25, -0.2) is 0 Å². The summed E-state index contributed by atoms with van der Waals surface area (Å²) in [5.74, 6) is 1.22. The van der Waals surface area contributed by atoms with Gasteiger partial charge in [0.15, 0.2) is 5.82 Å². The van der Waals surface area contributed by atoms with Gasteiger partial charge in [-0.3, -0.25) is 4.79 Å². The second-order valence-corrected chi connectivity index (χ2v) is 7.20. The number of aryl methyl sites for hydroxylation is 2. The van der Waals surface area contributed by atoms with Crippen LogP contribution in [0.25, 0.3) is 15.5 Å². The zero-order valence-electron chi connectivity index (χ0n) is 14.3. The van der Waals surface area contributed by atoms with Gasteiger partial charge >= 0.3 is 0 Å². The summed E-state index contributed by atoms with van der Waals surface area (Å²) in [4.78, 5) is 12.8. The van der Waals surface area contributed by atoms with Crippen LogP contribution < -0.4 is 5.32 Å². The van der Waals surface area contributed by atoms with Gasteiger partial charge in [0.25, 0.3) is 0 Å². The van der Waals surface area contributed by atoms with E-state index in [0.29, 0.717) is 12.3 Å². The quantitative estimate of drug-likeness (QED) is 0.766. The molecular weight excluding hydrogens is 322 g/mol. The summed E-state index contributed by atoms with van der Waals surface area (Å²) in [5, 5.41) is 16.8. The number of fused-ring (bicyclic) bond motifs is 1. The Kier molecular flexibility index (Phi) is 4.62. The number of aromatic nitrogens is 4. The number of amides is 1. The number of nitrogens with one attached hydrogen (secondary N) is 1. The van der Waals surface area contributed by atoms with E-state index < -0.39 is 0 Å². The van der Waals surface area contributed by atoms with Crippen molar-refractivity contribution in [2.75, 3.05) is 5.32 Å². The van der Waals surface area contributed by atoms with E-state index in [1.807, 2.05) is 45.9 Å². The molecule has 3 aromatic rings. The zero-order chi connectivity index (χ0) is 17.3. The first kappa shape index (κ1) is 16.6. The molecule has 1 aromatic carbocycles. The SMILES string of the molecule is CCc1nnc2sc(-c3ccc(C)c(NC(=O)CC(C)C)c3)nn12. The Bertz CT molecular complexity index is 880. The van der Waals surface area contributed by atoms with Crippen LogP contribution in [0.15, 0.2) is 18.2 Å². The molecule has 6 nitrogen and oxygen atoms in total. The summed E-state index contributed by atoms with van der Waals surface area (Å²) in [5.41, 5.74) is 2.84. The van der Waals surface area contributed by atoms with Crippen LogP contribution >= 0.6 is 11.3 Å². The molecule has 1 amide bonds. The fourth-order valence-electron chi connectivity index (χ4n) is 2.46. The summed E-state index contributed by atoms with van der Waals surface area (Å²) in [6.07, 6.45) is 1.30. The average molecular weight is 343 g/mol. The smallest absolute Gasteiger partial charge is 0.234 e. The van der Waals surface area contributed by atoms with Gasteiger partial charge in [-0.1, -0.05) is 44.2 Å². The van der Waals surface area contributed by atoms with E-state index in [4.69, 9.17) is 0 Å². The Balaban J connectivity index is 1.91. The second-order valence-electron chi connectivity index (χ2n) is 6.25. The molecule has 24 heavy (non-hydrogen) atoms. The van der Waals surface area contributed by atoms with Crippen molar-refractivity contribution in [3.05, 3.63) is 29.6 Å². The largest absolute Gasteiger partial charge is 0.326 e. The lowest BCUT2D eigenvalue weighted by Crippen LogP contribution is -2.14. The number of anilines is 1. The fraction of sp³-hybridized carbons (Fsp3) is 0.412. The molecule has 126 valence electrons. The van der Waals surface area contributed by atoms with E-state index in [0.717, 1.165) is 39.0 Å². The van der Waals surface area contributed by atoms with Crippen molar-refractivity contribution >= 4 is 27.9 Å². The first-order chi connectivity index (χ1) is 11.5. The Morgan fingerprint density at radius 3 is 2.83 bits per heavy atom. The lowest BCUT2D eigenvalue weighted by molar-refractivity contribution is -0.116. The monoisotopic (exact) mass is 343 g/mol. The molecule has 0 bridgehead atoms. The van der Waals surface area contributed by atoms with E-state index in [9.17, 15) is 4.79 Å². The number of carbonyl (C=O) groups excluding carboxylic acids is 1. The third-order valence-corrected chi connectivity index (χ3v) is 4.67. The van der Waals surface area contributed by atoms with Gasteiger partial charge in [0.2, 0.25) is 10.9 Å². The lowest BCUT2D eigenvalue weighted by Gasteiger charge is -2.11. The van der Waals surface area contributed by atoms with Crippen LogP contribution in [-0.2, 0) is 11.2 Å². The molecule has 0 saturated carbocycles. The highest BCUT2D eigenvalue weighted by atomic mass is 32.1. The summed E-state index contributed by atoms with van der Waals surface area (Å²) in [6, 6.07) is 6.00. The van der Waals surface area contributed by atoms with Gasteiger partial charge < -0.3 is 5.32 Å². The Hall–Kier alpha value is -2.28. The van der Waals surface area contributed by atoms with Crippen molar-refractivity contribution in [3.8, 4) is 10.6 Å². The third-order valence-electron chi connectivity index (χ3n) is 3.72. The van der Waals surface area contributed by atoms with E-state index in [1.165, 1.54) is 11.3 Å². The predicted octanol–water partition coefficient (Wildman–Crippen LogP) is 3.71. The van der Waals surface area contributed by atoms with Crippen LogP contribution in [0.1, 0.15) is 38.6 Å². The Morgan fingerprint density at radius 1 is 1.33 bits per heavy atom.